The zero-order chi connectivity index (χ0) is 13.7. The van der Waals surface area contributed by atoms with E-state index in [1.54, 1.807) is 0 Å². The molecule has 0 saturated heterocycles. The molecule has 1 nitrogen and oxygen atoms in total. The van der Waals surface area contributed by atoms with Crippen LogP contribution in [0.15, 0.2) is 36.4 Å². The van der Waals surface area contributed by atoms with E-state index in [1.807, 2.05) is 0 Å². The van der Waals surface area contributed by atoms with E-state index >= 15 is 0 Å². The molecule has 3 unspecified atom stereocenters. The summed E-state index contributed by atoms with van der Waals surface area (Å²) in [6, 6.07) is 13.9. The summed E-state index contributed by atoms with van der Waals surface area (Å²) in [6.07, 6.45) is 4.36. The predicted molar refractivity (Wildman–Crippen MR) is 84.8 cm³/mol. The van der Waals surface area contributed by atoms with Gasteiger partial charge in [-0.25, -0.2) is 0 Å². The van der Waals surface area contributed by atoms with Gasteiger partial charge in [-0.2, -0.15) is 0 Å². The average Bonchev–Trinajstić information content (AvgIpc) is 3.09. The van der Waals surface area contributed by atoms with Crippen molar-refractivity contribution in [3.63, 3.8) is 0 Å². The zero-order valence-corrected chi connectivity index (χ0v) is 12.4. The Morgan fingerprint density at radius 3 is 2.50 bits per heavy atom. The Morgan fingerprint density at radius 1 is 1.00 bits per heavy atom. The summed E-state index contributed by atoms with van der Waals surface area (Å²) in [5.74, 6) is 2.92. The van der Waals surface area contributed by atoms with Gasteiger partial charge in [-0.1, -0.05) is 36.4 Å². The summed E-state index contributed by atoms with van der Waals surface area (Å²) in [5, 5.41) is 6.44. The molecule has 2 aromatic rings. The van der Waals surface area contributed by atoms with Crippen LogP contribution < -0.4 is 5.32 Å². The molecule has 1 heteroatoms. The normalized spacial score (nSPS) is 29.4. The fraction of sp³-hybridized carbons (Fsp3) is 0.474. The summed E-state index contributed by atoms with van der Waals surface area (Å²) < 4.78 is 0. The molecule has 2 aromatic carbocycles. The SMILES string of the molecule is CNC(c1c(C)ccc2ccccc12)C1CC2CC2C1. The summed E-state index contributed by atoms with van der Waals surface area (Å²) in [7, 11) is 2.13. The summed E-state index contributed by atoms with van der Waals surface area (Å²) >= 11 is 0. The maximum Gasteiger partial charge on any atom is 0.0355 e. The van der Waals surface area contributed by atoms with Crippen molar-refractivity contribution < 1.29 is 0 Å². The van der Waals surface area contributed by atoms with Crippen molar-refractivity contribution in [2.45, 2.75) is 32.2 Å². The minimum Gasteiger partial charge on any atom is -0.313 e. The highest BCUT2D eigenvalue weighted by Gasteiger charge is 2.48. The van der Waals surface area contributed by atoms with E-state index in [4.69, 9.17) is 0 Å². The van der Waals surface area contributed by atoms with E-state index in [1.165, 1.54) is 41.2 Å². The van der Waals surface area contributed by atoms with Gasteiger partial charge in [-0.15, -0.1) is 0 Å². The second kappa shape index (κ2) is 4.60. The van der Waals surface area contributed by atoms with Crippen LogP contribution in [-0.2, 0) is 0 Å². The molecular formula is C19H23N. The molecule has 3 atom stereocenters. The van der Waals surface area contributed by atoms with Crippen molar-refractivity contribution >= 4 is 10.8 Å². The first-order chi connectivity index (χ1) is 9.78. The lowest BCUT2D eigenvalue weighted by Gasteiger charge is -2.27. The van der Waals surface area contributed by atoms with E-state index < -0.39 is 0 Å². The molecule has 104 valence electrons. The molecule has 4 rings (SSSR count). The molecule has 0 aliphatic heterocycles. The van der Waals surface area contributed by atoms with Crippen LogP contribution in [0, 0.1) is 24.7 Å². The Bertz CT molecular complexity index is 635. The summed E-state index contributed by atoms with van der Waals surface area (Å²) in [4.78, 5) is 0. The first-order valence-corrected chi connectivity index (χ1v) is 7.93. The number of aryl methyl sites for hydroxylation is 1. The lowest BCUT2D eigenvalue weighted by Crippen LogP contribution is -2.25. The number of hydrogen-bond acceptors (Lipinski definition) is 1. The number of nitrogens with one attached hydrogen (secondary N) is 1. The van der Waals surface area contributed by atoms with Crippen molar-refractivity contribution in [2.24, 2.45) is 17.8 Å². The van der Waals surface area contributed by atoms with Crippen LogP contribution in [0.1, 0.15) is 36.4 Å². The number of rotatable bonds is 3. The smallest absolute Gasteiger partial charge is 0.0355 e. The number of fused-ring (bicyclic) bond motifs is 2. The van der Waals surface area contributed by atoms with Crippen LogP contribution >= 0.6 is 0 Å². The lowest BCUT2D eigenvalue weighted by atomic mass is 9.84. The third kappa shape index (κ3) is 1.88. The monoisotopic (exact) mass is 265 g/mol. The van der Waals surface area contributed by atoms with Crippen LogP contribution in [-0.4, -0.2) is 7.05 Å². The second-order valence-corrected chi connectivity index (χ2v) is 6.77. The highest BCUT2D eigenvalue weighted by molar-refractivity contribution is 5.87. The molecule has 20 heavy (non-hydrogen) atoms. The number of hydrogen-bond donors (Lipinski definition) is 1. The molecule has 0 heterocycles. The topological polar surface area (TPSA) is 12.0 Å². The van der Waals surface area contributed by atoms with Crippen LogP contribution in [0.4, 0.5) is 0 Å². The van der Waals surface area contributed by atoms with Gasteiger partial charge in [0, 0.05) is 6.04 Å². The molecule has 0 bridgehead atoms. The number of benzene rings is 2. The molecule has 2 saturated carbocycles. The third-order valence-corrected chi connectivity index (χ3v) is 5.56. The molecule has 0 spiro atoms. The third-order valence-electron chi connectivity index (χ3n) is 5.56. The highest BCUT2D eigenvalue weighted by Crippen LogP contribution is 2.57. The van der Waals surface area contributed by atoms with Gasteiger partial charge >= 0.3 is 0 Å². The predicted octanol–water partition coefficient (Wildman–Crippen LogP) is 4.45. The van der Waals surface area contributed by atoms with E-state index in [-0.39, 0.29) is 0 Å². The second-order valence-electron chi connectivity index (χ2n) is 6.77. The van der Waals surface area contributed by atoms with Gasteiger partial charge in [0.05, 0.1) is 0 Å². The van der Waals surface area contributed by atoms with Crippen molar-refractivity contribution in [1.29, 1.82) is 0 Å². The van der Waals surface area contributed by atoms with Gasteiger partial charge in [0.2, 0.25) is 0 Å². The fourth-order valence-electron chi connectivity index (χ4n) is 4.47. The van der Waals surface area contributed by atoms with Gasteiger partial charge < -0.3 is 5.32 Å². The Balaban J connectivity index is 1.80. The molecule has 2 fully saturated rings. The van der Waals surface area contributed by atoms with Gasteiger partial charge in [0.15, 0.2) is 0 Å². The van der Waals surface area contributed by atoms with Crippen molar-refractivity contribution in [3.8, 4) is 0 Å². The highest BCUT2D eigenvalue weighted by atomic mass is 14.9. The Labute approximate surface area is 121 Å². The zero-order valence-electron chi connectivity index (χ0n) is 12.4. The van der Waals surface area contributed by atoms with Gasteiger partial charge in [-0.3, -0.25) is 0 Å². The maximum atomic E-state index is 3.63. The minimum absolute atomic E-state index is 0.522. The van der Waals surface area contributed by atoms with Crippen LogP contribution in [0.5, 0.6) is 0 Å². The first kappa shape index (κ1) is 12.4. The minimum atomic E-state index is 0.522. The summed E-state index contributed by atoms with van der Waals surface area (Å²) in [6.45, 7) is 2.27. The molecular weight excluding hydrogens is 242 g/mol. The van der Waals surface area contributed by atoms with Gasteiger partial charge in [-0.05, 0) is 72.9 Å². The lowest BCUT2D eigenvalue weighted by molar-refractivity contribution is 0.360. The molecule has 0 aromatic heterocycles. The van der Waals surface area contributed by atoms with Crippen LogP contribution in [0.2, 0.25) is 0 Å². The largest absolute Gasteiger partial charge is 0.313 e. The van der Waals surface area contributed by atoms with E-state index in [0.29, 0.717) is 6.04 Å². The van der Waals surface area contributed by atoms with Crippen molar-refractivity contribution in [1.82, 2.24) is 5.32 Å². The maximum absolute atomic E-state index is 3.63. The average molecular weight is 265 g/mol. The fourth-order valence-corrected chi connectivity index (χ4v) is 4.47. The van der Waals surface area contributed by atoms with E-state index in [2.05, 4.69) is 55.7 Å². The standard InChI is InChI=1S/C19H23N/c1-12-7-8-13-5-3-4-6-17(13)18(12)19(20-2)16-10-14-9-15(14)11-16/h3-8,14-16,19-20H,9-11H2,1-2H3. The van der Waals surface area contributed by atoms with Gasteiger partial charge in [0.1, 0.15) is 0 Å². The quantitative estimate of drug-likeness (QED) is 0.864. The molecule has 0 amide bonds. The van der Waals surface area contributed by atoms with Crippen LogP contribution in [0.3, 0.4) is 0 Å². The first-order valence-electron chi connectivity index (χ1n) is 7.93. The summed E-state index contributed by atoms with van der Waals surface area (Å²) in [5.41, 5.74) is 2.97. The molecule has 2 aliphatic rings. The molecule has 2 aliphatic carbocycles. The Morgan fingerprint density at radius 2 is 1.75 bits per heavy atom. The Hall–Kier alpha value is -1.34. The molecule has 0 radical (unpaired) electrons. The Kier molecular flexibility index (Phi) is 2.85. The van der Waals surface area contributed by atoms with E-state index in [9.17, 15) is 0 Å². The van der Waals surface area contributed by atoms with Crippen molar-refractivity contribution in [3.05, 3.63) is 47.5 Å². The molecule has 1 N–H and O–H groups in total. The van der Waals surface area contributed by atoms with Gasteiger partial charge in [0.25, 0.3) is 0 Å². The van der Waals surface area contributed by atoms with Crippen molar-refractivity contribution in [2.75, 3.05) is 7.05 Å². The van der Waals surface area contributed by atoms with E-state index in [0.717, 1.165) is 17.8 Å². The van der Waals surface area contributed by atoms with Crippen LogP contribution in [0.25, 0.3) is 10.8 Å².